The number of rotatable bonds is 2. The maximum absolute atomic E-state index is 12.1. The summed E-state index contributed by atoms with van der Waals surface area (Å²) in [4.78, 5) is 12.1. The van der Waals surface area contributed by atoms with Gasteiger partial charge in [0.15, 0.2) is 5.72 Å². The van der Waals surface area contributed by atoms with Crippen LogP contribution in [0.1, 0.15) is 30.0 Å². The molecule has 0 radical (unpaired) electrons. The van der Waals surface area contributed by atoms with Gasteiger partial charge < -0.3 is 19.5 Å². The van der Waals surface area contributed by atoms with Crippen LogP contribution in [-0.2, 0) is 4.74 Å². The summed E-state index contributed by atoms with van der Waals surface area (Å²) >= 11 is 0. The second-order valence-electron chi connectivity index (χ2n) is 6.27. The van der Waals surface area contributed by atoms with Crippen LogP contribution in [0.3, 0.4) is 0 Å². The number of hydrogen-bond donors (Lipinski definition) is 2. The van der Waals surface area contributed by atoms with E-state index in [0.29, 0.717) is 19.6 Å². The molecular formula is C16H20N2O4. The first-order valence-electron chi connectivity index (χ1n) is 7.65. The molecule has 118 valence electrons. The fourth-order valence-corrected chi connectivity index (χ4v) is 3.77. The van der Waals surface area contributed by atoms with Gasteiger partial charge in [0.25, 0.3) is 0 Å². The monoisotopic (exact) mass is 304 g/mol. The molecule has 3 unspecified atom stereocenters. The lowest BCUT2D eigenvalue weighted by Crippen LogP contribution is -2.67. The van der Waals surface area contributed by atoms with Crippen molar-refractivity contribution in [3.05, 3.63) is 23.3 Å². The lowest BCUT2D eigenvalue weighted by atomic mass is 9.82. The predicted molar refractivity (Wildman–Crippen MR) is 79.0 cm³/mol. The highest BCUT2D eigenvalue weighted by Crippen LogP contribution is 2.47. The van der Waals surface area contributed by atoms with Crippen molar-refractivity contribution in [2.24, 2.45) is 5.92 Å². The standard InChI is InChI=1S/C16H20N2O4/c1-9-5-11-12-7-16(18-15(19)17-12,10-3-4-21-8-10)22-14(11)6-13(9)20-2/h5-6,10,12H,3-4,7-8H2,1-2H3,(H2,17,18,19). The Morgan fingerprint density at radius 2 is 2.27 bits per heavy atom. The van der Waals surface area contributed by atoms with Gasteiger partial charge in [-0.2, -0.15) is 0 Å². The van der Waals surface area contributed by atoms with Gasteiger partial charge in [0.1, 0.15) is 11.5 Å². The van der Waals surface area contributed by atoms with Gasteiger partial charge in [0.2, 0.25) is 0 Å². The number of nitrogens with one attached hydrogen (secondary N) is 2. The molecule has 0 saturated carbocycles. The molecule has 3 atom stereocenters. The molecule has 22 heavy (non-hydrogen) atoms. The molecule has 0 spiro atoms. The van der Waals surface area contributed by atoms with Crippen molar-refractivity contribution in [1.82, 2.24) is 10.6 Å². The molecule has 6 nitrogen and oxygen atoms in total. The van der Waals surface area contributed by atoms with Crippen LogP contribution < -0.4 is 20.1 Å². The number of benzene rings is 1. The Labute approximate surface area is 129 Å². The van der Waals surface area contributed by atoms with Crippen LogP contribution in [0, 0.1) is 12.8 Å². The minimum Gasteiger partial charge on any atom is -0.496 e. The maximum atomic E-state index is 12.1. The second-order valence-corrected chi connectivity index (χ2v) is 6.27. The SMILES string of the molecule is COc1cc2c(cc1C)C1CC(C3CCOC3)(NC(=O)N1)O2. The number of amides is 2. The average molecular weight is 304 g/mol. The number of aryl methyl sites for hydroxylation is 1. The topological polar surface area (TPSA) is 68.8 Å². The van der Waals surface area contributed by atoms with Crippen molar-refractivity contribution in [3.63, 3.8) is 0 Å². The minimum atomic E-state index is -0.684. The van der Waals surface area contributed by atoms with Gasteiger partial charge in [0.05, 0.1) is 19.8 Å². The predicted octanol–water partition coefficient (Wildman–Crippen LogP) is 1.87. The van der Waals surface area contributed by atoms with E-state index in [4.69, 9.17) is 14.2 Å². The van der Waals surface area contributed by atoms with E-state index in [1.807, 2.05) is 19.1 Å². The Hall–Kier alpha value is -1.95. The summed E-state index contributed by atoms with van der Waals surface area (Å²) in [6.07, 6.45) is 1.61. The third kappa shape index (κ3) is 1.94. The van der Waals surface area contributed by atoms with Crippen LogP contribution in [0.15, 0.2) is 12.1 Å². The Kier molecular flexibility index (Phi) is 2.97. The fourth-order valence-electron chi connectivity index (χ4n) is 3.77. The van der Waals surface area contributed by atoms with Crippen LogP contribution >= 0.6 is 0 Å². The van der Waals surface area contributed by atoms with Gasteiger partial charge in [-0.25, -0.2) is 4.79 Å². The van der Waals surface area contributed by atoms with Gasteiger partial charge in [-0.05, 0) is 25.0 Å². The number of carbonyl (C=O) groups is 1. The van der Waals surface area contributed by atoms with E-state index in [1.165, 1.54) is 0 Å². The molecule has 2 amide bonds. The average Bonchev–Trinajstić information content (AvgIpc) is 3.02. The van der Waals surface area contributed by atoms with Crippen LogP contribution in [-0.4, -0.2) is 32.1 Å². The van der Waals surface area contributed by atoms with Crippen molar-refractivity contribution in [3.8, 4) is 11.5 Å². The smallest absolute Gasteiger partial charge is 0.318 e. The lowest BCUT2D eigenvalue weighted by Gasteiger charge is -2.49. The molecule has 3 aliphatic rings. The molecule has 3 aliphatic heterocycles. The number of methoxy groups -OCH3 is 1. The highest BCUT2D eigenvalue weighted by Gasteiger charge is 2.52. The number of fused-ring (bicyclic) bond motifs is 4. The van der Waals surface area contributed by atoms with Crippen molar-refractivity contribution < 1.29 is 19.0 Å². The third-order valence-corrected chi connectivity index (χ3v) is 4.92. The fraction of sp³-hybridized carbons (Fsp3) is 0.562. The number of urea groups is 1. The first-order chi connectivity index (χ1) is 10.6. The summed E-state index contributed by atoms with van der Waals surface area (Å²) in [6, 6.07) is 3.74. The molecule has 2 saturated heterocycles. The van der Waals surface area contributed by atoms with Gasteiger partial charge in [-0.1, -0.05) is 0 Å². The van der Waals surface area contributed by atoms with Crippen molar-refractivity contribution in [1.29, 1.82) is 0 Å². The summed E-state index contributed by atoms with van der Waals surface area (Å²) in [5.74, 6) is 1.74. The second kappa shape index (κ2) is 4.78. The van der Waals surface area contributed by atoms with Gasteiger partial charge >= 0.3 is 6.03 Å². The molecule has 1 aromatic carbocycles. The molecule has 2 bridgehead atoms. The highest BCUT2D eigenvalue weighted by atomic mass is 16.5. The highest BCUT2D eigenvalue weighted by molar-refractivity contribution is 5.77. The number of hydrogen-bond acceptors (Lipinski definition) is 4. The van der Waals surface area contributed by atoms with Crippen LogP contribution in [0.2, 0.25) is 0 Å². The third-order valence-electron chi connectivity index (χ3n) is 4.92. The molecule has 3 heterocycles. The zero-order valence-electron chi connectivity index (χ0n) is 12.8. The summed E-state index contributed by atoms with van der Waals surface area (Å²) in [5.41, 5.74) is 1.37. The molecule has 4 rings (SSSR count). The summed E-state index contributed by atoms with van der Waals surface area (Å²) in [5, 5.41) is 6.01. The van der Waals surface area contributed by atoms with E-state index in [2.05, 4.69) is 10.6 Å². The molecule has 6 heteroatoms. The van der Waals surface area contributed by atoms with Crippen molar-refractivity contribution in [2.45, 2.75) is 31.5 Å². The normalized spacial score (nSPS) is 32.5. The van der Waals surface area contributed by atoms with Crippen molar-refractivity contribution >= 4 is 6.03 Å². The molecule has 2 N–H and O–H groups in total. The Bertz CT molecular complexity index is 627. The number of carbonyl (C=O) groups excluding carboxylic acids is 1. The molecule has 0 aromatic heterocycles. The van der Waals surface area contributed by atoms with E-state index >= 15 is 0 Å². The molecular weight excluding hydrogens is 284 g/mol. The first-order valence-corrected chi connectivity index (χ1v) is 7.65. The number of ether oxygens (including phenoxy) is 3. The zero-order chi connectivity index (χ0) is 15.3. The zero-order valence-corrected chi connectivity index (χ0v) is 12.8. The largest absolute Gasteiger partial charge is 0.496 e. The van der Waals surface area contributed by atoms with Crippen LogP contribution in [0.5, 0.6) is 11.5 Å². The summed E-state index contributed by atoms with van der Waals surface area (Å²) in [7, 11) is 1.65. The van der Waals surface area contributed by atoms with Crippen molar-refractivity contribution in [2.75, 3.05) is 20.3 Å². The Morgan fingerprint density at radius 1 is 1.41 bits per heavy atom. The quantitative estimate of drug-likeness (QED) is 0.875. The van der Waals surface area contributed by atoms with Gasteiger partial charge in [-0.15, -0.1) is 0 Å². The van der Waals surface area contributed by atoms with Crippen LogP contribution in [0.25, 0.3) is 0 Å². The Morgan fingerprint density at radius 3 is 3.00 bits per heavy atom. The molecule has 2 fully saturated rings. The maximum Gasteiger partial charge on any atom is 0.318 e. The van der Waals surface area contributed by atoms with E-state index in [9.17, 15) is 4.79 Å². The van der Waals surface area contributed by atoms with Gasteiger partial charge in [0, 0.05) is 30.6 Å². The first kappa shape index (κ1) is 13.7. The van der Waals surface area contributed by atoms with E-state index in [1.54, 1.807) is 7.11 Å². The van der Waals surface area contributed by atoms with E-state index < -0.39 is 5.72 Å². The van der Waals surface area contributed by atoms with E-state index in [-0.39, 0.29) is 18.0 Å². The Balaban J connectivity index is 1.79. The lowest BCUT2D eigenvalue weighted by molar-refractivity contribution is -0.0549. The minimum absolute atomic E-state index is 0.0392. The van der Waals surface area contributed by atoms with Crippen LogP contribution in [0.4, 0.5) is 4.79 Å². The van der Waals surface area contributed by atoms with Gasteiger partial charge in [-0.3, -0.25) is 5.32 Å². The molecule has 1 aromatic rings. The van der Waals surface area contributed by atoms with E-state index in [0.717, 1.165) is 29.0 Å². The molecule has 0 aliphatic carbocycles. The summed E-state index contributed by atoms with van der Waals surface area (Å²) in [6.45, 7) is 3.33. The summed E-state index contributed by atoms with van der Waals surface area (Å²) < 4.78 is 17.2.